The average molecular weight is 542 g/mol. The number of benzene rings is 3. The van der Waals surface area contributed by atoms with Crippen molar-refractivity contribution in [3.63, 3.8) is 0 Å². The highest BCUT2D eigenvalue weighted by Crippen LogP contribution is 2.31. The molecule has 1 aliphatic rings. The lowest BCUT2D eigenvalue weighted by atomic mass is 10.0. The fourth-order valence-electron chi connectivity index (χ4n) is 5.43. The van der Waals surface area contributed by atoms with Gasteiger partial charge in [-0.2, -0.15) is 0 Å². The van der Waals surface area contributed by atoms with Crippen molar-refractivity contribution in [3.05, 3.63) is 95.1 Å². The van der Waals surface area contributed by atoms with Crippen LogP contribution in [0.4, 0.5) is 5.69 Å². The third kappa shape index (κ3) is 7.66. The van der Waals surface area contributed by atoms with Crippen LogP contribution in [0.3, 0.4) is 0 Å². The highest BCUT2D eigenvalue weighted by Gasteiger charge is 2.22. The summed E-state index contributed by atoms with van der Waals surface area (Å²) in [7, 11) is 3.29. The normalized spacial score (nSPS) is 14.2. The van der Waals surface area contributed by atoms with Crippen LogP contribution in [0.5, 0.6) is 11.5 Å². The number of methoxy groups -OCH3 is 2. The van der Waals surface area contributed by atoms with Crippen LogP contribution in [-0.4, -0.2) is 75.7 Å². The third-order valence-corrected chi connectivity index (χ3v) is 7.54. The Hall–Kier alpha value is -3.77. The minimum Gasteiger partial charge on any atom is -0.496 e. The Balaban J connectivity index is 1.45. The molecule has 0 unspecified atom stereocenters. The number of piperazine rings is 1. The molecule has 6 heteroatoms. The van der Waals surface area contributed by atoms with Crippen LogP contribution in [0.15, 0.2) is 78.4 Å². The van der Waals surface area contributed by atoms with Crippen molar-refractivity contribution in [2.45, 2.75) is 26.7 Å². The van der Waals surface area contributed by atoms with Crippen molar-refractivity contribution in [1.29, 1.82) is 0 Å². The van der Waals surface area contributed by atoms with E-state index in [1.165, 1.54) is 5.69 Å². The predicted molar refractivity (Wildman–Crippen MR) is 165 cm³/mol. The second-order valence-electron chi connectivity index (χ2n) is 10.4. The smallest absolute Gasteiger partial charge is 0.254 e. The van der Waals surface area contributed by atoms with Gasteiger partial charge in [0, 0.05) is 56.1 Å². The van der Waals surface area contributed by atoms with Crippen LogP contribution in [0.1, 0.15) is 41.8 Å². The van der Waals surface area contributed by atoms with Gasteiger partial charge >= 0.3 is 0 Å². The van der Waals surface area contributed by atoms with E-state index in [0.29, 0.717) is 30.2 Å². The van der Waals surface area contributed by atoms with E-state index in [2.05, 4.69) is 72.2 Å². The van der Waals surface area contributed by atoms with Gasteiger partial charge in [0.2, 0.25) is 0 Å². The molecule has 0 aromatic heterocycles. The van der Waals surface area contributed by atoms with Crippen LogP contribution >= 0.6 is 0 Å². The molecule has 4 rings (SSSR count). The second-order valence-corrected chi connectivity index (χ2v) is 10.4. The minimum absolute atomic E-state index is 0.00559. The molecule has 0 N–H and O–H groups in total. The Morgan fingerprint density at radius 1 is 0.900 bits per heavy atom. The van der Waals surface area contributed by atoms with E-state index in [1.54, 1.807) is 14.2 Å². The summed E-state index contributed by atoms with van der Waals surface area (Å²) in [5.41, 5.74) is 5.14. The number of para-hydroxylation sites is 1. The zero-order chi connectivity index (χ0) is 28.3. The van der Waals surface area contributed by atoms with Crippen molar-refractivity contribution in [2.24, 2.45) is 0 Å². The molecule has 0 spiro atoms. The Morgan fingerprint density at radius 3 is 2.08 bits per heavy atom. The van der Waals surface area contributed by atoms with Gasteiger partial charge in [0.15, 0.2) is 0 Å². The number of amides is 1. The Kier molecular flexibility index (Phi) is 10.6. The first kappa shape index (κ1) is 29.2. The van der Waals surface area contributed by atoms with E-state index in [1.807, 2.05) is 35.2 Å². The maximum Gasteiger partial charge on any atom is 0.254 e. The monoisotopic (exact) mass is 541 g/mol. The topological polar surface area (TPSA) is 45.2 Å². The molecule has 0 saturated carbocycles. The Labute approximate surface area is 239 Å². The van der Waals surface area contributed by atoms with E-state index < -0.39 is 0 Å². The molecule has 1 aliphatic heterocycles. The molecular weight excluding hydrogens is 498 g/mol. The van der Waals surface area contributed by atoms with E-state index in [9.17, 15) is 4.79 Å². The Morgan fingerprint density at radius 2 is 1.50 bits per heavy atom. The van der Waals surface area contributed by atoms with Crippen molar-refractivity contribution >= 4 is 17.7 Å². The number of rotatable bonds is 12. The fraction of sp³-hybridized carbons (Fsp3) is 0.382. The number of hydrogen-bond acceptors (Lipinski definition) is 5. The Bertz CT molecular complexity index is 1230. The van der Waals surface area contributed by atoms with Gasteiger partial charge in [0.05, 0.1) is 14.2 Å². The number of carbonyl (C=O) groups excluding carboxylic acids is 1. The molecule has 0 bridgehead atoms. The van der Waals surface area contributed by atoms with Crippen molar-refractivity contribution in [1.82, 2.24) is 9.80 Å². The summed E-state index contributed by atoms with van der Waals surface area (Å²) in [6.45, 7) is 10.5. The minimum atomic E-state index is -0.00559. The van der Waals surface area contributed by atoms with Crippen molar-refractivity contribution in [3.8, 4) is 11.5 Å². The average Bonchev–Trinajstić information content (AvgIpc) is 3.00. The molecule has 3 aromatic carbocycles. The number of nitrogens with zero attached hydrogens (tertiary/aromatic N) is 3. The molecule has 0 aliphatic carbocycles. The summed E-state index contributed by atoms with van der Waals surface area (Å²) in [5, 5.41) is 0. The quantitative estimate of drug-likeness (QED) is 0.280. The first-order valence-electron chi connectivity index (χ1n) is 14.3. The van der Waals surface area contributed by atoms with Crippen LogP contribution in [0, 0.1) is 0 Å². The lowest BCUT2D eigenvalue weighted by Gasteiger charge is -2.36. The highest BCUT2D eigenvalue weighted by molar-refractivity contribution is 5.95. The fourth-order valence-corrected chi connectivity index (χ4v) is 5.43. The largest absolute Gasteiger partial charge is 0.496 e. The summed E-state index contributed by atoms with van der Waals surface area (Å²) in [5.74, 6) is 1.38. The van der Waals surface area contributed by atoms with Crippen LogP contribution in [0.2, 0.25) is 0 Å². The zero-order valence-electron chi connectivity index (χ0n) is 24.4. The van der Waals surface area contributed by atoms with E-state index in [-0.39, 0.29) is 5.91 Å². The molecule has 1 fully saturated rings. The number of hydrogen-bond donors (Lipinski definition) is 0. The van der Waals surface area contributed by atoms with E-state index in [4.69, 9.17) is 9.47 Å². The van der Waals surface area contributed by atoms with Crippen LogP contribution in [0.25, 0.3) is 6.08 Å². The number of ether oxygens (including phenoxy) is 2. The molecule has 3 aromatic rings. The van der Waals surface area contributed by atoms with Gasteiger partial charge in [-0.25, -0.2) is 0 Å². The summed E-state index contributed by atoms with van der Waals surface area (Å²) in [6.07, 6.45) is 3.84. The lowest BCUT2D eigenvalue weighted by molar-refractivity contribution is 0.0761. The molecule has 1 amide bonds. The second kappa shape index (κ2) is 14.6. The van der Waals surface area contributed by atoms with Crippen molar-refractivity contribution in [2.75, 3.05) is 64.9 Å². The maximum atomic E-state index is 13.9. The molecule has 6 nitrogen and oxygen atoms in total. The van der Waals surface area contributed by atoms with Crippen LogP contribution in [-0.2, 0) is 6.42 Å². The van der Waals surface area contributed by atoms with Gasteiger partial charge in [-0.3, -0.25) is 9.69 Å². The maximum absolute atomic E-state index is 13.9. The van der Waals surface area contributed by atoms with Gasteiger partial charge in [-0.15, -0.1) is 0 Å². The van der Waals surface area contributed by atoms with E-state index >= 15 is 0 Å². The van der Waals surface area contributed by atoms with Gasteiger partial charge < -0.3 is 19.3 Å². The molecule has 1 heterocycles. The summed E-state index contributed by atoms with van der Waals surface area (Å²) < 4.78 is 11.3. The molecule has 212 valence electrons. The standard InChI is InChI=1S/C34H43N3O3/c1-5-31-32(39-3)24-29(25-33(31)40-4)34(38)37(26-27(2)23-28-13-8-6-9-14-28)18-12-17-35-19-21-36(22-20-35)30-15-10-7-11-16-30/h6-11,13-16,23-25H,5,12,17-22,26H2,1-4H3/b27-23+. The first-order chi connectivity index (χ1) is 19.5. The highest BCUT2D eigenvalue weighted by atomic mass is 16.5. The van der Waals surface area contributed by atoms with Gasteiger partial charge in [-0.1, -0.05) is 67.1 Å². The summed E-state index contributed by atoms with van der Waals surface area (Å²) >= 11 is 0. The molecular formula is C34H43N3O3. The predicted octanol–water partition coefficient (Wildman–Crippen LogP) is 6.02. The number of carbonyl (C=O) groups is 1. The lowest BCUT2D eigenvalue weighted by Crippen LogP contribution is -2.47. The van der Waals surface area contributed by atoms with Gasteiger partial charge in [0.1, 0.15) is 11.5 Å². The molecule has 1 saturated heterocycles. The zero-order valence-corrected chi connectivity index (χ0v) is 24.4. The van der Waals surface area contributed by atoms with Crippen LogP contribution < -0.4 is 14.4 Å². The van der Waals surface area contributed by atoms with Gasteiger partial charge in [0.25, 0.3) is 5.91 Å². The van der Waals surface area contributed by atoms with E-state index in [0.717, 1.165) is 62.3 Å². The van der Waals surface area contributed by atoms with Gasteiger partial charge in [-0.05, 0) is 56.1 Å². The summed E-state index contributed by atoms with van der Waals surface area (Å²) in [6, 6.07) is 24.6. The number of anilines is 1. The third-order valence-electron chi connectivity index (χ3n) is 7.54. The molecule has 40 heavy (non-hydrogen) atoms. The van der Waals surface area contributed by atoms with Crippen molar-refractivity contribution < 1.29 is 14.3 Å². The molecule has 0 atom stereocenters. The molecule has 0 radical (unpaired) electrons. The SMILES string of the molecule is CCc1c(OC)cc(C(=O)N(CCCN2CCN(c3ccccc3)CC2)C/C(C)=C/c2ccccc2)cc1OC. The first-order valence-corrected chi connectivity index (χ1v) is 14.3. The summed E-state index contributed by atoms with van der Waals surface area (Å²) in [4.78, 5) is 20.8.